The van der Waals surface area contributed by atoms with Crippen LogP contribution in [0.15, 0.2) is 121 Å². The number of rotatable bonds is 10. The maximum Gasteiger partial charge on any atom is 0.272 e. The highest BCUT2D eigenvalue weighted by atomic mass is 16.5. The maximum atomic E-state index is 13.0. The zero-order valence-corrected chi connectivity index (χ0v) is 31.3. The Kier molecular flexibility index (Phi) is 10.9. The van der Waals surface area contributed by atoms with Gasteiger partial charge in [0, 0.05) is 25.7 Å². The molecule has 0 aliphatic carbocycles. The Balaban J connectivity index is 0.000000167. The van der Waals surface area contributed by atoms with E-state index in [2.05, 4.69) is 24.0 Å². The van der Waals surface area contributed by atoms with Gasteiger partial charge >= 0.3 is 0 Å². The summed E-state index contributed by atoms with van der Waals surface area (Å²) >= 11 is 0. The number of carbonyl (C=O) groups excluding carboxylic acids is 2. The lowest BCUT2D eigenvalue weighted by Gasteiger charge is -2.33. The molecule has 0 spiro atoms. The third kappa shape index (κ3) is 8.55. The van der Waals surface area contributed by atoms with Crippen LogP contribution in [0.4, 0.5) is 0 Å². The van der Waals surface area contributed by atoms with E-state index in [4.69, 9.17) is 9.47 Å². The monoisotopic (exact) mass is 722 g/mol. The fourth-order valence-electron chi connectivity index (χ4n) is 6.87. The van der Waals surface area contributed by atoms with Crippen LogP contribution in [-0.2, 0) is 32.8 Å². The van der Waals surface area contributed by atoms with Crippen LogP contribution in [0.1, 0.15) is 74.5 Å². The average molecular weight is 723 g/mol. The van der Waals surface area contributed by atoms with Gasteiger partial charge in [-0.1, -0.05) is 84.9 Å². The highest BCUT2D eigenvalue weighted by Crippen LogP contribution is 2.25. The van der Waals surface area contributed by atoms with Crippen molar-refractivity contribution in [3.05, 3.63) is 166 Å². The van der Waals surface area contributed by atoms with Crippen LogP contribution in [0, 0.1) is 13.8 Å². The van der Waals surface area contributed by atoms with Crippen LogP contribution in [-0.4, -0.2) is 53.8 Å². The highest BCUT2D eigenvalue weighted by Gasteiger charge is 2.32. The number of hydrogen-bond donors (Lipinski definition) is 0. The van der Waals surface area contributed by atoms with Crippen LogP contribution in [0.25, 0.3) is 0 Å². The van der Waals surface area contributed by atoms with Gasteiger partial charge in [0.15, 0.2) is 0 Å². The molecule has 10 nitrogen and oxygen atoms in total. The molecule has 54 heavy (non-hydrogen) atoms. The second-order valence-electron chi connectivity index (χ2n) is 14.2. The topological polar surface area (TPSA) is 94.7 Å². The maximum absolute atomic E-state index is 13.0. The van der Waals surface area contributed by atoms with Crippen molar-refractivity contribution in [3.63, 3.8) is 0 Å². The molecule has 10 heteroatoms. The van der Waals surface area contributed by atoms with E-state index in [-0.39, 0.29) is 23.9 Å². The molecule has 0 bridgehead atoms. The van der Waals surface area contributed by atoms with E-state index in [1.165, 1.54) is 0 Å². The first-order valence-electron chi connectivity index (χ1n) is 18.4. The zero-order valence-electron chi connectivity index (χ0n) is 31.3. The fourth-order valence-corrected chi connectivity index (χ4v) is 6.87. The van der Waals surface area contributed by atoms with Crippen LogP contribution in [0.2, 0.25) is 0 Å². The predicted molar refractivity (Wildman–Crippen MR) is 207 cm³/mol. The summed E-state index contributed by atoms with van der Waals surface area (Å²) in [5.74, 6) is 1.66. The molecule has 0 fully saturated rings. The van der Waals surface area contributed by atoms with Crippen molar-refractivity contribution in [1.82, 2.24) is 29.4 Å². The molecule has 2 aromatic heterocycles. The molecule has 4 heterocycles. The molecule has 0 N–H and O–H groups in total. The van der Waals surface area contributed by atoms with Crippen molar-refractivity contribution in [3.8, 4) is 11.5 Å². The predicted octanol–water partition coefficient (Wildman–Crippen LogP) is 7.80. The minimum atomic E-state index is 0.0197. The van der Waals surface area contributed by atoms with Gasteiger partial charge in [-0.15, -0.1) is 0 Å². The van der Waals surface area contributed by atoms with Crippen molar-refractivity contribution in [2.24, 2.45) is 0 Å². The summed E-state index contributed by atoms with van der Waals surface area (Å²) in [4.78, 5) is 29.7. The van der Waals surface area contributed by atoms with Gasteiger partial charge in [-0.05, 0) is 86.3 Å². The smallest absolute Gasteiger partial charge is 0.272 e. The first kappa shape index (κ1) is 36.2. The molecule has 2 aliphatic rings. The standard InChI is InChI=1S/2C22H23N3O2/c1-16-7-6-10-20(11-16)27-15-19-12-21-22(26)24(17(2)13-25(21)23-19)14-18-8-4-3-5-9-18;1-16-7-6-10-20(11-16)27-15-19-12-21-22(26)24(13-17(2)25(21)23-19)14-18-8-4-3-5-9-18/h2*3-12,17H,13-15H2,1-2H3/t17-;/m1./s1. The minimum Gasteiger partial charge on any atom is -0.487 e. The lowest BCUT2D eigenvalue weighted by Crippen LogP contribution is -2.46. The van der Waals surface area contributed by atoms with Crippen LogP contribution < -0.4 is 9.47 Å². The second-order valence-corrected chi connectivity index (χ2v) is 14.2. The van der Waals surface area contributed by atoms with E-state index in [1.807, 2.05) is 154 Å². The summed E-state index contributed by atoms with van der Waals surface area (Å²) in [6, 6.07) is 39.9. The number of aryl methyl sites for hydroxylation is 2. The van der Waals surface area contributed by atoms with Crippen molar-refractivity contribution >= 4 is 11.8 Å². The molecule has 2 amide bonds. The third-order valence-electron chi connectivity index (χ3n) is 9.64. The lowest BCUT2D eigenvalue weighted by molar-refractivity contribution is 0.0584. The van der Waals surface area contributed by atoms with Gasteiger partial charge < -0.3 is 19.3 Å². The van der Waals surface area contributed by atoms with E-state index in [0.29, 0.717) is 50.8 Å². The molecule has 4 aromatic carbocycles. The average Bonchev–Trinajstić information content (AvgIpc) is 3.80. The van der Waals surface area contributed by atoms with E-state index in [9.17, 15) is 9.59 Å². The van der Waals surface area contributed by atoms with Crippen molar-refractivity contribution in [1.29, 1.82) is 0 Å². The summed E-state index contributed by atoms with van der Waals surface area (Å²) in [7, 11) is 0. The Morgan fingerprint density at radius 1 is 0.593 bits per heavy atom. The summed E-state index contributed by atoms with van der Waals surface area (Å²) < 4.78 is 15.3. The van der Waals surface area contributed by atoms with E-state index < -0.39 is 0 Å². The first-order valence-corrected chi connectivity index (χ1v) is 18.4. The first-order chi connectivity index (χ1) is 26.2. The van der Waals surface area contributed by atoms with Gasteiger partial charge in [-0.2, -0.15) is 10.2 Å². The van der Waals surface area contributed by atoms with E-state index >= 15 is 0 Å². The number of ether oxygens (including phenoxy) is 2. The Labute approximate surface area is 316 Å². The Morgan fingerprint density at radius 3 is 1.74 bits per heavy atom. The summed E-state index contributed by atoms with van der Waals surface area (Å²) in [6.45, 7) is 11.5. The minimum absolute atomic E-state index is 0.0197. The molecule has 2 atom stereocenters. The fraction of sp³-hybridized carbons (Fsp3) is 0.273. The SMILES string of the molecule is Cc1cccc(OCc2cc3n(n2)C(C)CN(Cc2ccccc2)C3=O)c1.Cc1cccc(OCc2cc3n(n2)C[C@@H](C)N(Cc2ccccc2)C3=O)c1. The molecule has 0 saturated heterocycles. The van der Waals surface area contributed by atoms with E-state index in [0.717, 1.165) is 45.1 Å². The number of aromatic nitrogens is 4. The number of benzene rings is 4. The molecule has 2 aliphatic heterocycles. The van der Waals surface area contributed by atoms with Crippen molar-refractivity contribution < 1.29 is 19.1 Å². The number of hydrogen-bond acceptors (Lipinski definition) is 6. The quantitative estimate of drug-likeness (QED) is 0.143. The normalized spacial score (nSPS) is 16.3. The Bertz CT molecular complexity index is 2210. The Morgan fingerprint density at radius 2 is 1.15 bits per heavy atom. The Hall–Kier alpha value is -6.16. The van der Waals surface area contributed by atoms with Gasteiger partial charge in [-0.25, -0.2) is 0 Å². The number of amides is 2. The van der Waals surface area contributed by atoms with Gasteiger partial charge in [0.25, 0.3) is 11.8 Å². The highest BCUT2D eigenvalue weighted by molar-refractivity contribution is 5.94. The van der Waals surface area contributed by atoms with Crippen LogP contribution in [0.3, 0.4) is 0 Å². The molecular formula is C44H46N6O4. The van der Waals surface area contributed by atoms with Crippen LogP contribution >= 0.6 is 0 Å². The molecule has 0 radical (unpaired) electrons. The molecular weight excluding hydrogens is 677 g/mol. The van der Waals surface area contributed by atoms with Crippen molar-refractivity contribution in [2.45, 2.75) is 72.6 Å². The zero-order chi connectivity index (χ0) is 37.6. The van der Waals surface area contributed by atoms with Crippen molar-refractivity contribution in [2.75, 3.05) is 6.54 Å². The van der Waals surface area contributed by atoms with Gasteiger partial charge in [0.05, 0.1) is 12.6 Å². The molecule has 1 unspecified atom stereocenters. The molecule has 276 valence electrons. The summed E-state index contributed by atoms with van der Waals surface area (Å²) in [5.41, 5.74) is 7.37. The molecule has 8 rings (SSSR count). The lowest BCUT2D eigenvalue weighted by atomic mass is 10.1. The number of nitrogens with zero attached hydrogens (tertiary/aromatic N) is 6. The van der Waals surface area contributed by atoms with Gasteiger partial charge in [0.2, 0.25) is 0 Å². The third-order valence-corrected chi connectivity index (χ3v) is 9.64. The van der Waals surface area contributed by atoms with Gasteiger partial charge in [-0.3, -0.25) is 19.0 Å². The molecule has 0 saturated carbocycles. The largest absolute Gasteiger partial charge is 0.487 e. The van der Waals surface area contributed by atoms with Crippen LogP contribution in [0.5, 0.6) is 11.5 Å². The molecule has 6 aromatic rings. The van der Waals surface area contributed by atoms with Gasteiger partial charge in [0.1, 0.15) is 47.5 Å². The summed E-state index contributed by atoms with van der Waals surface area (Å²) in [5, 5.41) is 9.18. The van der Waals surface area contributed by atoms with E-state index in [1.54, 1.807) is 0 Å². The number of carbonyl (C=O) groups is 2. The number of fused-ring (bicyclic) bond motifs is 2. The second kappa shape index (κ2) is 16.2. The summed E-state index contributed by atoms with van der Waals surface area (Å²) in [6.07, 6.45) is 0.